The standard InChI is InChI=1S/C6H14N2/c1-3-6(7)4-5-8-2/h3,6,8H,1,4-5,7H2,2H3. The van der Waals surface area contributed by atoms with Crippen LogP contribution in [0.3, 0.4) is 0 Å². The van der Waals surface area contributed by atoms with Crippen LogP contribution >= 0.6 is 0 Å². The fraction of sp³-hybridized carbons (Fsp3) is 0.667. The Balaban J connectivity index is 2.98. The van der Waals surface area contributed by atoms with E-state index in [2.05, 4.69) is 11.9 Å². The molecule has 0 aliphatic heterocycles. The smallest absolute Gasteiger partial charge is 0.0233 e. The second-order valence-corrected chi connectivity index (χ2v) is 1.79. The van der Waals surface area contributed by atoms with Gasteiger partial charge in [0, 0.05) is 6.04 Å². The van der Waals surface area contributed by atoms with Crippen LogP contribution < -0.4 is 11.1 Å². The van der Waals surface area contributed by atoms with Gasteiger partial charge in [0.05, 0.1) is 0 Å². The van der Waals surface area contributed by atoms with E-state index in [1.807, 2.05) is 7.05 Å². The van der Waals surface area contributed by atoms with E-state index in [9.17, 15) is 0 Å². The summed E-state index contributed by atoms with van der Waals surface area (Å²) < 4.78 is 0. The summed E-state index contributed by atoms with van der Waals surface area (Å²) in [5.41, 5.74) is 5.50. The van der Waals surface area contributed by atoms with Crippen molar-refractivity contribution in [1.82, 2.24) is 5.32 Å². The molecule has 1 unspecified atom stereocenters. The van der Waals surface area contributed by atoms with E-state index in [4.69, 9.17) is 5.73 Å². The average Bonchev–Trinajstić information content (AvgIpc) is 1.83. The topological polar surface area (TPSA) is 38.0 Å². The van der Waals surface area contributed by atoms with Crippen molar-refractivity contribution in [1.29, 1.82) is 0 Å². The molecule has 0 heterocycles. The predicted molar refractivity (Wildman–Crippen MR) is 36.7 cm³/mol. The molecule has 2 nitrogen and oxygen atoms in total. The first-order valence-electron chi connectivity index (χ1n) is 2.84. The molecule has 0 aromatic rings. The second-order valence-electron chi connectivity index (χ2n) is 1.79. The third-order valence-corrected chi connectivity index (χ3v) is 1.03. The lowest BCUT2D eigenvalue weighted by molar-refractivity contribution is 0.667. The monoisotopic (exact) mass is 114 g/mol. The molecule has 0 rings (SSSR count). The van der Waals surface area contributed by atoms with Gasteiger partial charge in [0.1, 0.15) is 0 Å². The summed E-state index contributed by atoms with van der Waals surface area (Å²) in [6, 6.07) is 0.155. The van der Waals surface area contributed by atoms with Gasteiger partial charge in [-0.05, 0) is 20.0 Å². The van der Waals surface area contributed by atoms with Gasteiger partial charge in [-0.25, -0.2) is 0 Å². The Morgan fingerprint density at radius 1 is 1.88 bits per heavy atom. The highest BCUT2D eigenvalue weighted by Crippen LogP contribution is 1.83. The molecule has 0 bridgehead atoms. The minimum Gasteiger partial charge on any atom is -0.324 e. The molecule has 0 fully saturated rings. The normalized spacial score (nSPS) is 13.2. The molecule has 0 spiro atoms. The Kier molecular flexibility index (Phi) is 4.61. The molecule has 0 saturated carbocycles. The molecule has 0 aliphatic rings. The van der Waals surface area contributed by atoms with Gasteiger partial charge in [0.2, 0.25) is 0 Å². The van der Waals surface area contributed by atoms with Crippen LogP contribution in [0.2, 0.25) is 0 Å². The van der Waals surface area contributed by atoms with Gasteiger partial charge in [0.15, 0.2) is 0 Å². The highest BCUT2D eigenvalue weighted by Gasteiger charge is 1.91. The maximum Gasteiger partial charge on any atom is 0.0233 e. The van der Waals surface area contributed by atoms with E-state index >= 15 is 0 Å². The molecule has 0 aromatic carbocycles. The largest absolute Gasteiger partial charge is 0.324 e. The van der Waals surface area contributed by atoms with E-state index in [-0.39, 0.29) is 6.04 Å². The third kappa shape index (κ3) is 3.84. The Morgan fingerprint density at radius 2 is 2.50 bits per heavy atom. The number of hydrogen-bond donors (Lipinski definition) is 2. The van der Waals surface area contributed by atoms with Crippen molar-refractivity contribution < 1.29 is 0 Å². The van der Waals surface area contributed by atoms with Crippen molar-refractivity contribution in [2.75, 3.05) is 13.6 Å². The van der Waals surface area contributed by atoms with E-state index in [1.165, 1.54) is 0 Å². The quantitative estimate of drug-likeness (QED) is 0.509. The average molecular weight is 114 g/mol. The molecule has 8 heavy (non-hydrogen) atoms. The van der Waals surface area contributed by atoms with Crippen molar-refractivity contribution in [2.24, 2.45) is 5.73 Å². The zero-order valence-corrected chi connectivity index (χ0v) is 5.35. The second kappa shape index (κ2) is 4.81. The van der Waals surface area contributed by atoms with E-state index in [0.29, 0.717) is 0 Å². The number of rotatable bonds is 4. The van der Waals surface area contributed by atoms with Crippen LogP contribution in [0.25, 0.3) is 0 Å². The van der Waals surface area contributed by atoms with Crippen molar-refractivity contribution in [3.8, 4) is 0 Å². The minimum absolute atomic E-state index is 0.155. The van der Waals surface area contributed by atoms with Gasteiger partial charge in [-0.3, -0.25) is 0 Å². The lowest BCUT2D eigenvalue weighted by Gasteiger charge is -2.02. The molecular formula is C6H14N2. The highest BCUT2D eigenvalue weighted by molar-refractivity contribution is 4.81. The molecule has 48 valence electrons. The first kappa shape index (κ1) is 7.66. The van der Waals surface area contributed by atoms with Crippen LogP contribution in [0, 0.1) is 0 Å². The maximum absolute atomic E-state index is 5.50. The Labute approximate surface area is 50.8 Å². The molecule has 2 heteroatoms. The Bertz CT molecular complexity index is 61.5. The summed E-state index contributed by atoms with van der Waals surface area (Å²) in [7, 11) is 1.91. The van der Waals surface area contributed by atoms with Gasteiger partial charge >= 0.3 is 0 Å². The lowest BCUT2D eigenvalue weighted by Crippen LogP contribution is -2.22. The van der Waals surface area contributed by atoms with Crippen molar-refractivity contribution in [2.45, 2.75) is 12.5 Å². The first-order valence-corrected chi connectivity index (χ1v) is 2.84. The molecule has 0 amide bonds. The highest BCUT2D eigenvalue weighted by atomic mass is 14.8. The van der Waals surface area contributed by atoms with Crippen LogP contribution in [0.4, 0.5) is 0 Å². The van der Waals surface area contributed by atoms with Crippen molar-refractivity contribution in [3.05, 3.63) is 12.7 Å². The molecule has 0 aromatic heterocycles. The van der Waals surface area contributed by atoms with Gasteiger partial charge < -0.3 is 11.1 Å². The summed E-state index contributed by atoms with van der Waals surface area (Å²) in [6.45, 7) is 4.53. The zero-order valence-electron chi connectivity index (χ0n) is 5.35. The van der Waals surface area contributed by atoms with E-state index in [1.54, 1.807) is 6.08 Å². The van der Waals surface area contributed by atoms with Crippen LogP contribution in [0.1, 0.15) is 6.42 Å². The van der Waals surface area contributed by atoms with Gasteiger partial charge in [0.25, 0.3) is 0 Å². The van der Waals surface area contributed by atoms with Crippen molar-refractivity contribution >= 4 is 0 Å². The molecule has 0 aliphatic carbocycles. The third-order valence-electron chi connectivity index (χ3n) is 1.03. The molecule has 0 saturated heterocycles. The van der Waals surface area contributed by atoms with Crippen LogP contribution in [0.15, 0.2) is 12.7 Å². The summed E-state index contributed by atoms with van der Waals surface area (Å²) in [4.78, 5) is 0. The fourth-order valence-electron chi connectivity index (χ4n) is 0.429. The Hall–Kier alpha value is -0.340. The van der Waals surface area contributed by atoms with E-state index < -0.39 is 0 Å². The number of nitrogens with one attached hydrogen (secondary N) is 1. The van der Waals surface area contributed by atoms with E-state index in [0.717, 1.165) is 13.0 Å². The SMILES string of the molecule is C=CC(N)CCNC. The summed E-state index contributed by atoms with van der Waals surface area (Å²) in [5.74, 6) is 0. The zero-order chi connectivity index (χ0) is 6.41. The number of hydrogen-bond acceptors (Lipinski definition) is 2. The number of nitrogens with two attached hydrogens (primary N) is 1. The lowest BCUT2D eigenvalue weighted by atomic mass is 10.2. The molecule has 1 atom stereocenters. The Morgan fingerprint density at radius 3 is 2.88 bits per heavy atom. The predicted octanol–water partition coefficient (Wildman–Crippen LogP) is 0.109. The maximum atomic E-state index is 5.50. The fourth-order valence-corrected chi connectivity index (χ4v) is 0.429. The molecular weight excluding hydrogens is 100 g/mol. The summed E-state index contributed by atoms with van der Waals surface area (Å²) in [5, 5.41) is 3.01. The van der Waals surface area contributed by atoms with Crippen LogP contribution in [-0.4, -0.2) is 19.6 Å². The summed E-state index contributed by atoms with van der Waals surface area (Å²) in [6.07, 6.45) is 2.73. The van der Waals surface area contributed by atoms with Gasteiger partial charge in [-0.1, -0.05) is 6.08 Å². The molecule has 0 radical (unpaired) electrons. The summed E-state index contributed by atoms with van der Waals surface area (Å²) >= 11 is 0. The first-order chi connectivity index (χ1) is 3.81. The van der Waals surface area contributed by atoms with Crippen LogP contribution in [-0.2, 0) is 0 Å². The van der Waals surface area contributed by atoms with Gasteiger partial charge in [-0.15, -0.1) is 6.58 Å². The minimum atomic E-state index is 0.155. The van der Waals surface area contributed by atoms with Crippen LogP contribution in [0.5, 0.6) is 0 Å². The van der Waals surface area contributed by atoms with Crippen molar-refractivity contribution in [3.63, 3.8) is 0 Å². The molecule has 3 N–H and O–H groups in total. The van der Waals surface area contributed by atoms with Gasteiger partial charge in [-0.2, -0.15) is 0 Å².